The summed E-state index contributed by atoms with van der Waals surface area (Å²) in [5, 5.41) is 3.95. The van der Waals surface area contributed by atoms with Gasteiger partial charge in [0.05, 0.1) is 16.6 Å². The molecule has 0 atom stereocenters. The van der Waals surface area contributed by atoms with Gasteiger partial charge in [-0.15, -0.1) is 0 Å². The van der Waals surface area contributed by atoms with Gasteiger partial charge in [0.1, 0.15) is 24.4 Å². The van der Waals surface area contributed by atoms with E-state index in [0.29, 0.717) is 29.7 Å². The van der Waals surface area contributed by atoms with Gasteiger partial charge in [-0.25, -0.2) is 4.98 Å². The minimum absolute atomic E-state index is 0.208. The van der Waals surface area contributed by atoms with E-state index in [1.165, 1.54) is 0 Å². The molecule has 0 unspecified atom stereocenters. The quantitative estimate of drug-likeness (QED) is 0.740. The Labute approximate surface area is 107 Å². The fourth-order valence-electron chi connectivity index (χ4n) is 1.71. The maximum absolute atomic E-state index is 6.10. The van der Waals surface area contributed by atoms with Crippen molar-refractivity contribution in [3.8, 4) is 0 Å². The second-order valence-electron chi connectivity index (χ2n) is 3.38. The Morgan fingerprint density at radius 1 is 1.31 bits per heavy atom. The highest BCUT2D eigenvalue weighted by Gasteiger charge is 2.31. The van der Waals surface area contributed by atoms with Crippen LogP contribution in [0.2, 0.25) is 15.2 Å². The van der Waals surface area contributed by atoms with Crippen molar-refractivity contribution in [1.29, 1.82) is 0 Å². The summed E-state index contributed by atoms with van der Waals surface area (Å²) in [7, 11) is 0. The van der Waals surface area contributed by atoms with Crippen LogP contribution in [0.5, 0.6) is 0 Å². The zero-order valence-corrected chi connectivity index (χ0v) is 10.2. The Bertz CT molecular complexity index is 503. The van der Waals surface area contributed by atoms with E-state index in [1.807, 2.05) is 4.90 Å². The van der Waals surface area contributed by atoms with Gasteiger partial charge in [-0.3, -0.25) is 0 Å². The van der Waals surface area contributed by atoms with Crippen LogP contribution in [0.1, 0.15) is 0 Å². The van der Waals surface area contributed by atoms with E-state index in [0.717, 1.165) is 5.82 Å². The molecule has 1 aromatic rings. The molecular formula is C9H6Cl3N3O. The molecular weight excluding hydrogens is 272 g/mol. The number of anilines is 2. The molecule has 7 heteroatoms. The molecule has 84 valence electrons. The van der Waals surface area contributed by atoms with Crippen molar-refractivity contribution in [3.05, 3.63) is 27.3 Å². The third-order valence-electron chi connectivity index (χ3n) is 2.45. The Hall–Kier alpha value is -0.840. The molecule has 0 spiro atoms. The van der Waals surface area contributed by atoms with E-state index < -0.39 is 0 Å². The van der Waals surface area contributed by atoms with Gasteiger partial charge in [0.2, 0.25) is 0 Å². The zero-order valence-electron chi connectivity index (χ0n) is 7.93. The molecule has 0 radical (unpaired) electrons. The number of hydrogen-bond acceptors (Lipinski definition) is 4. The Morgan fingerprint density at radius 3 is 2.94 bits per heavy atom. The van der Waals surface area contributed by atoms with Crippen molar-refractivity contribution in [2.75, 3.05) is 23.4 Å². The van der Waals surface area contributed by atoms with Gasteiger partial charge in [-0.2, -0.15) is 0 Å². The summed E-state index contributed by atoms with van der Waals surface area (Å²) in [4.78, 5) is 6.17. The minimum Gasteiger partial charge on any atom is -0.496 e. The summed E-state index contributed by atoms with van der Waals surface area (Å²) in [5.41, 5.74) is 0.674. The van der Waals surface area contributed by atoms with Gasteiger partial charge in [-0.05, 0) is 0 Å². The highest BCUT2D eigenvalue weighted by Crippen LogP contribution is 2.45. The van der Waals surface area contributed by atoms with Gasteiger partial charge < -0.3 is 15.0 Å². The Kier molecular flexibility index (Phi) is 2.31. The number of halogens is 3. The van der Waals surface area contributed by atoms with Crippen molar-refractivity contribution in [3.63, 3.8) is 0 Å². The van der Waals surface area contributed by atoms with Crippen molar-refractivity contribution in [2.24, 2.45) is 0 Å². The molecule has 4 nitrogen and oxygen atoms in total. The van der Waals surface area contributed by atoms with E-state index in [4.69, 9.17) is 39.5 Å². The molecule has 0 aromatic carbocycles. The van der Waals surface area contributed by atoms with E-state index in [9.17, 15) is 0 Å². The summed E-state index contributed by atoms with van der Waals surface area (Å²) >= 11 is 17.9. The number of hydrogen-bond donors (Lipinski definition) is 1. The highest BCUT2D eigenvalue weighted by molar-refractivity contribution is 6.49. The van der Waals surface area contributed by atoms with Crippen molar-refractivity contribution < 1.29 is 4.74 Å². The number of fused-ring (bicyclic) bond motifs is 3. The molecule has 0 bridgehead atoms. The molecule has 0 amide bonds. The van der Waals surface area contributed by atoms with E-state index >= 15 is 0 Å². The topological polar surface area (TPSA) is 37.4 Å². The molecule has 2 aliphatic rings. The lowest BCUT2D eigenvalue weighted by molar-refractivity contribution is 0.241. The first-order valence-corrected chi connectivity index (χ1v) is 5.72. The molecule has 1 aromatic heterocycles. The summed E-state index contributed by atoms with van der Waals surface area (Å²) in [5.74, 6) is 1.49. The number of nitrogens with one attached hydrogen (secondary N) is 1. The largest absolute Gasteiger partial charge is 0.496 e. The van der Waals surface area contributed by atoms with Crippen LogP contribution in [0, 0.1) is 0 Å². The number of ether oxygens (including phenoxy) is 1. The lowest BCUT2D eigenvalue weighted by Gasteiger charge is -2.22. The van der Waals surface area contributed by atoms with Crippen LogP contribution >= 0.6 is 34.8 Å². The van der Waals surface area contributed by atoms with Crippen LogP contribution in [0.15, 0.2) is 12.1 Å². The molecule has 3 heterocycles. The Balaban J connectivity index is 2.20. The number of pyridine rings is 1. The fraction of sp³-hybridized carbons (Fsp3) is 0.222. The first-order valence-electron chi connectivity index (χ1n) is 4.59. The Morgan fingerprint density at radius 2 is 2.12 bits per heavy atom. The van der Waals surface area contributed by atoms with E-state index in [-0.39, 0.29) is 10.2 Å². The number of aromatic nitrogens is 1. The number of rotatable bonds is 0. The van der Waals surface area contributed by atoms with Crippen LogP contribution in [0.3, 0.4) is 0 Å². The molecule has 1 N–H and O–H groups in total. The zero-order chi connectivity index (χ0) is 11.3. The molecule has 16 heavy (non-hydrogen) atoms. The first-order chi connectivity index (χ1) is 7.68. The second kappa shape index (κ2) is 3.58. The molecule has 3 rings (SSSR count). The van der Waals surface area contributed by atoms with Crippen LogP contribution in [0.4, 0.5) is 11.5 Å². The normalized spacial score (nSPS) is 17.2. The van der Waals surface area contributed by atoms with E-state index in [1.54, 1.807) is 6.26 Å². The van der Waals surface area contributed by atoms with Gasteiger partial charge in [0, 0.05) is 0 Å². The van der Waals surface area contributed by atoms with Gasteiger partial charge in [0.15, 0.2) is 11.0 Å². The molecule has 0 aliphatic carbocycles. The lowest BCUT2D eigenvalue weighted by atomic mass is 10.4. The monoisotopic (exact) mass is 277 g/mol. The first kappa shape index (κ1) is 10.3. The highest BCUT2D eigenvalue weighted by atomic mass is 35.5. The maximum atomic E-state index is 6.10. The molecule has 0 saturated heterocycles. The van der Waals surface area contributed by atoms with E-state index in [2.05, 4.69) is 10.3 Å². The molecule has 0 fully saturated rings. The smallest absolute Gasteiger partial charge is 0.161 e. The summed E-state index contributed by atoms with van der Waals surface area (Å²) in [6.07, 6.45) is 1.63. The summed E-state index contributed by atoms with van der Waals surface area (Å²) in [6, 6.07) is 0. The summed E-state index contributed by atoms with van der Waals surface area (Å²) < 4.78 is 5.21. The van der Waals surface area contributed by atoms with Crippen LogP contribution in [-0.4, -0.2) is 18.1 Å². The molecule has 2 aliphatic heterocycles. The second-order valence-corrected chi connectivity index (χ2v) is 4.49. The number of nitrogens with zero attached hydrogens (tertiary/aromatic N) is 2. The average Bonchev–Trinajstić information content (AvgIpc) is 2.65. The van der Waals surface area contributed by atoms with Gasteiger partial charge >= 0.3 is 0 Å². The van der Waals surface area contributed by atoms with Gasteiger partial charge in [0.25, 0.3) is 0 Å². The van der Waals surface area contributed by atoms with Gasteiger partial charge in [-0.1, -0.05) is 34.8 Å². The van der Waals surface area contributed by atoms with Crippen molar-refractivity contribution in [1.82, 2.24) is 4.98 Å². The van der Waals surface area contributed by atoms with Crippen LogP contribution < -0.4 is 10.2 Å². The predicted octanol–water partition coefficient (Wildman–Crippen LogP) is 3.10. The van der Waals surface area contributed by atoms with Crippen LogP contribution in [-0.2, 0) is 4.74 Å². The third kappa shape index (κ3) is 1.34. The molecule has 0 saturated carbocycles. The summed E-state index contributed by atoms with van der Waals surface area (Å²) in [6.45, 7) is 1.30. The van der Waals surface area contributed by atoms with Crippen molar-refractivity contribution >= 4 is 46.3 Å². The minimum atomic E-state index is 0.208. The lowest BCUT2D eigenvalue weighted by Crippen LogP contribution is -2.29. The van der Waals surface area contributed by atoms with Crippen molar-refractivity contribution in [2.45, 2.75) is 0 Å². The maximum Gasteiger partial charge on any atom is 0.161 e. The average molecular weight is 279 g/mol. The predicted molar refractivity (Wildman–Crippen MR) is 64.3 cm³/mol. The SMILES string of the molecule is Clc1nc2c(c(Cl)c1Cl)NC1=COCCN12. The van der Waals surface area contributed by atoms with Crippen LogP contribution in [0.25, 0.3) is 0 Å². The fourth-order valence-corrected chi connectivity index (χ4v) is 2.29. The standard InChI is InChI=1S/C9H6Cl3N3O/c10-5-6(11)8(12)14-9-7(5)13-4-3-16-2-1-15(4)9/h3,13H,1-2H2. The third-order valence-corrected chi connectivity index (χ3v) is 3.66.